The van der Waals surface area contributed by atoms with E-state index in [2.05, 4.69) is 46.3 Å². The summed E-state index contributed by atoms with van der Waals surface area (Å²) in [6.07, 6.45) is -2.25. The quantitative estimate of drug-likeness (QED) is 0.124. The molecule has 2 aromatic carbocycles. The van der Waals surface area contributed by atoms with E-state index >= 15 is 0 Å². The summed E-state index contributed by atoms with van der Waals surface area (Å²) in [6.45, 7) is 3.72. The van der Waals surface area contributed by atoms with Gasteiger partial charge in [-0.15, -0.1) is 20.4 Å². The molecular formula is C46H44BrF6N7O6. The van der Waals surface area contributed by atoms with E-state index in [0.29, 0.717) is 71.8 Å². The Hall–Kier alpha value is -6.12. The van der Waals surface area contributed by atoms with Gasteiger partial charge in [0.1, 0.15) is 5.69 Å². The van der Waals surface area contributed by atoms with Crippen molar-refractivity contribution in [1.82, 2.24) is 30.4 Å². The summed E-state index contributed by atoms with van der Waals surface area (Å²) in [5.41, 5.74) is 3.46. The average molecular weight is 985 g/mol. The van der Waals surface area contributed by atoms with Crippen molar-refractivity contribution in [2.75, 3.05) is 18.9 Å². The summed E-state index contributed by atoms with van der Waals surface area (Å²) in [6, 6.07) is 20.6. The highest BCUT2D eigenvalue weighted by molar-refractivity contribution is 9.10. The van der Waals surface area contributed by atoms with Crippen LogP contribution in [-0.2, 0) is 33.9 Å². The first-order valence-electron chi connectivity index (χ1n) is 20.8. The fraction of sp³-hybridized carbons (Fsp3) is 0.348. The number of hydrogen-bond donors (Lipinski definition) is 1. The molecule has 0 amide bonds. The molecule has 20 heteroatoms. The van der Waals surface area contributed by atoms with E-state index in [1.807, 2.05) is 6.92 Å². The molecule has 13 nitrogen and oxygen atoms in total. The van der Waals surface area contributed by atoms with Crippen LogP contribution in [0.1, 0.15) is 72.6 Å². The first-order valence-corrected chi connectivity index (χ1v) is 21.6. The van der Waals surface area contributed by atoms with Crippen LogP contribution in [0.25, 0.3) is 23.2 Å². The molecule has 2 unspecified atom stereocenters. The van der Waals surface area contributed by atoms with Gasteiger partial charge in [-0.05, 0) is 78.7 Å². The number of rotatable bonds is 6. The average Bonchev–Trinajstić information content (AvgIpc) is 3.98. The smallest absolute Gasteiger partial charge is 0.426 e. The molecule has 0 radical (unpaired) electrons. The summed E-state index contributed by atoms with van der Waals surface area (Å²) in [5, 5.41) is 15.2. The number of allylic oxidation sites excluding steroid dienone is 2. The molecule has 2 aliphatic heterocycles. The van der Waals surface area contributed by atoms with Gasteiger partial charge in [-0.1, -0.05) is 85.0 Å². The molecule has 2 N–H and O–H groups in total. The van der Waals surface area contributed by atoms with E-state index in [4.69, 9.17) is 33.5 Å². The number of anilines is 1. The summed E-state index contributed by atoms with van der Waals surface area (Å²) >= 11 is 3.38. The minimum atomic E-state index is -4.84. The molecule has 0 aliphatic carbocycles. The third kappa shape index (κ3) is 10.8. The van der Waals surface area contributed by atoms with Crippen LogP contribution >= 0.6 is 15.9 Å². The Balaban J connectivity index is 0.000000196. The van der Waals surface area contributed by atoms with Crippen LogP contribution in [-0.4, -0.2) is 55.9 Å². The van der Waals surface area contributed by atoms with Gasteiger partial charge in [0.2, 0.25) is 23.0 Å². The van der Waals surface area contributed by atoms with Crippen molar-refractivity contribution in [3.05, 3.63) is 136 Å². The van der Waals surface area contributed by atoms with Crippen LogP contribution in [0.3, 0.4) is 0 Å². The molecule has 2 aliphatic rings. The first kappa shape index (κ1) is 47.8. The van der Waals surface area contributed by atoms with Crippen molar-refractivity contribution in [2.45, 2.75) is 89.1 Å². The largest absolute Gasteiger partial charge is 0.477 e. The highest BCUT2D eigenvalue weighted by Gasteiger charge is 2.62. The van der Waals surface area contributed by atoms with Crippen LogP contribution in [0.4, 0.5) is 32.0 Å². The lowest BCUT2D eigenvalue weighted by Gasteiger charge is -2.31. The minimum absolute atomic E-state index is 0.0566. The highest BCUT2D eigenvalue weighted by atomic mass is 79.9. The number of aromatic nitrogens is 6. The van der Waals surface area contributed by atoms with Crippen LogP contribution in [0.5, 0.6) is 11.8 Å². The molecule has 6 aromatic rings. The van der Waals surface area contributed by atoms with Gasteiger partial charge in [0.05, 0.1) is 32.1 Å². The van der Waals surface area contributed by atoms with E-state index in [1.165, 1.54) is 12.2 Å². The maximum atomic E-state index is 14.6. The van der Waals surface area contributed by atoms with Crippen molar-refractivity contribution in [1.29, 1.82) is 0 Å². The third-order valence-corrected chi connectivity index (χ3v) is 11.1. The van der Waals surface area contributed by atoms with Crippen molar-refractivity contribution in [3.63, 3.8) is 0 Å². The zero-order chi connectivity index (χ0) is 47.0. The number of benzene rings is 2. The molecule has 2 atom stereocenters. The Morgan fingerprint density at radius 2 is 1.06 bits per heavy atom. The second kappa shape index (κ2) is 20.6. The standard InChI is InChI=1S/C23H21BrF3N3O3.C23H23F3N4O3/c1-15-13-17(24)18-20-29-30-21(33-20)22(23(25,26)27,32-14-16-9-5-4-6-10-16)11-7-2-3-8-12-31-19(15)28-18;1-15-13-17(27)18-20-29-30-21(33-20)22(23(24,25)26,32-14-16-9-5-4-6-10-16)11-7-2-3-8-12-31-19(15)28-18/h2,4-7,9-10,13H,3,8,11-12,14H2,1H3;2,4-7,9-10,13H,3,8,11-12,14,27H2,1H3. The molecular weight excluding hydrogens is 940 g/mol. The van der Waals surface area contributed by atoms with Crippen molar-refractivity contribution in [3.8, 4) is 34.9 Å². The predicted molar refractivity (Wildman–Crippen MR) is 232 cm³/mol. The summed E-state index contributed by atoms with van der Waals surface area (Å²) in [7, 11) is 0. The normalized spacial score (nSPS) is 19.0. The predicted octanol–water partition coefficient (Wildman–Crippen LogP) is 11.4. The molecule has 8 bridgehead atoms. The fourth-order valence-corrected chi connectivity index (χ4v) is 7.45. The Morgan fingerprint density at radius 3 is 1.53 bits per heavy atom. The van der Waals surface area contributed by atoms with Crippen LogP contribution in [0.2, 0.25) is 0 Å². The molecule has 6 heterocycles. The van der Waals surface area contributed by atoms with E-state index in [1.54, 1.807) is 91.9 Å². The molecule has 4 aromatic heterocycles. The van der Waals surface area contributed by atoms with Gasteiger partial charge in [0, 0.05) is 28.4 Å². The molecule has 0 fully saturated rings. The van der Waals surface area contributed by atoms with Gasteiger partial charge >= 0.3 is 12.4 Å². The van der Waals surface area contributed by atoms with Gasteiger partial charge in [-0.3, -0.25) is 0 Å². The first-order chi connectivity index (χ1) is 31.6. The zero-order valence-electron chi connectivity index (χ0n) is 35.7. The minimum Gasteiger partial charge on any atom is -0.477 e. The maximum absolute atomic E-state index is 14.6. The number of aryl methyl sites for hydroxylation is 2. The molecule has 66 heavy (non-hydrogen) atoms. The Kier molecular flexibility index (Phi) is 14.9. The fourth-order valence-electron chi connectivity index (χ4n) is 6.85. The number of fused-ring (bicyclic) bond motifs is 10. The molecule has 8 rings (SSSR count). The van der Waals surface area contributed by atoms with Gasteiger partial charge in [-0.25, -0.2) is 9.97 Å². The van der Waals surface area contributed by atoms with Crippen LogP contribution in [0, 0.1) is 13.8 Å². The van der Waals surface area contributed by atoms with E-state index in [0.717, 1.165) is 5.56 Å². The number of alkyl halides is 6. The molecule has 0 saturated carbocycles. The lowest BCUT2D eigenvalue weighted by atomic mass is 9.97. The lowest BCUT2D eigenvalue weighted by molar-refractivity contribution is -0.296. The maximum Gasteiger partial charge on any atom is 0.426 e. The van der Waals surface area contributed by atoms with E-state index in [-0.39, 0.29) is 42.1 Å². The number of hydrogen-bond acceptors (Lipinski definition) is 13. The molecule has 0 spiro atoms. The molecule has 348 valence electrons. The van der Waals surface area contributed by atoms with Gasteiger partial charge in [0.15, 0.2) is 5.69 Å². The highest BCUT2D eigenvalue weighted by Crippen LogP contribution is 2.48. The summed E-state index contributed by atoms with van der Waals surface area (Å²) in [4.78, 5) is 8.73. The lowest BCUT2D eigenvalue weighted by Crippen LogP contribution is -2.45. The Labute approximate surface area is 383 Å². The number of halogens is 7. The zero-order valence-corrected chi connectivity index (χ0v) is 37.3. The van der Waals surface area contributed by atoms with Crippen molar-refractivity contribution < 1.29 is 54.1 Å². The second-order valence-electron chi connectivity index (χ2n) is 15.3. The SMILES string of the molecule is Cc1cc(Br)c2nc1OCCCC=CCC(OCc1ccccc1)(C(F)(F)F)c1nnc-2o1.Cc1cc(N)c2nc1OCCCC=CCC(OCc1ccccc1)(C(F)(F)F)c1nnc-2o1. The number of nitrogen functional groups attached to an aromatic ring is 1. The topological polar surface area (TPSA) is 167 Å². The summed E-state index contributed by atoms with van der Waals surface area (Å²) < 4.78 is 121. The number of nitrogens with two attached hydrogens (primary N) is 1. The van der Waals surface area contributed by atoms with Crippen molar-refractivity contribution in [2.24, 2.45) is 0 Å². The summed E-state index contributed by atoms with van der Waals surface area (Å²) in [5.74, 6) is -1.14. The number of nitrogens with zero attached hydrogens (tertiary/aromatic N) is 6. The second-order valence-corrected chi connectivity index (χ2v) is 16.2. The Morgan fingerprint density at radius 1 is 0.621 bits per heavy atom. The monoisotopic (exact) mass is 983 g/mol. The Bertz CT molecular complexity index is 2450. The number of ether oxygens (including phenoxy) is 4. The van der Waals surface area contributed by atoms with E-state index < -0.39 is 48.2 Å². The van der Waals surface area contributed by atoms with Crippen LogP contribution < -0.4 is 15.2 Å². The van der Waals surface area contributed by atoms with Gasteiger partial charge in [0.25, 0.3) is 23.6 Å². The van der Waals surface area contributed by atoms with Gasteiger partial charge in [-0.2, -0.15) is 26.3 Å². The van der Waals surface area contributed by atoms with E-state index in [9.17, 15) is 26.3 Å². The van der Waals surface area contributed by atoms with Crippen molar-refractivity contribution >= 4 is 21.6 Å². The van der Waals surface area contributed by atoms with Gasteiger partial charge < -0.3 is 33.5 Å². The number of pyridine rings is 2. The molecule has 0 saturated heterocycles. The third-order valence-electron chi connectivity index (χ3n) is 10.5. The van der Waals surface area contributed by atoms with Crippen LogP contribution in [0.15, 0.2) is 110 Å².